The SMILES string of the molecule is N#CC(C#N)=C(NCc1ccccc1)[C@]1(C#N)[C@@H](c2cccc(Br)c2)C1(C#N)C#N. The van der Waals surface area contributed by atoms with E-state index in [-0.39, 0.29) is 17.8 Å². The summed E-state index contributed by atoms with van der Waals surface area (Å²) in [5.41, 5.74) is -2.26. The molecule has 0 saturated heterocycles. The quantitative estimate of drug-likeness (QED) is 0.676. The normalized spacial score (nSPS) is 20.2. The Morgan fingerprint density at radius 1 is 0.900 bits per heavy atom. The van der Waals surface area contributed by atoms with Crippen LogP contribution in [0, 0.1) is 67.5 Å². The van der Waals surface area contributed by atoms with Gasteiger partial charge in [-0.3, -0.25) is 0 Å². The van der Waals surface area contributed by atoms with Crippen molar-refractivity contribution in [2.75, 3.05) is 0 Å². The fourth-order valence-corrected chi connectivity index (χ4v) is 4.31. The molecule has 0 amide bonds. The average Bonchev–Trinajstić information content (AvgIpc) is 3.40. The number of nitrogens with one attached hydrogen (secondary N) is 1. The van der Waals surface area contributed by atoms with E-state index in [1.54, 1.807) is 24.3 Å². The second-order valence-corrected chi connectivity index (χ2v) is 7.67. The summed E-state index contributed by atoms with van der Waals surface area (Å²) < 4.78 is 0.729. The van der Waals surface area contributed by atoms with E-state index in [1.807, 2.05) is 54.6 Å². The van der Waals surface area contributed by atoms with Crippen molar-refractivity contribution >= 4 is 15.9 Å². The van der Waals surface area contributed by atoms with Crippen molar-refractivity contribution in [1.82, 2.24) is 5.32 Å². The molecule has 0 aliphatic heterocycles. The molecule has 2 aromatic carbocycles. The fraction of sp³-hybridized carbons (Fsp3) is 0.174. The molecule has 0 radical (unpaired) electrons. The number of halogens is 1. The third kappa shape index (κ3) is 2.98. The van der Waals surface area contributed by atoms with E-state index in [0.29, 0.717) is 5.56 Å². The Hall–Kier alpha value is -4.09. The average molecular weight is 453 g/mol. The minimum Gasteiger partial charge on any atom is -0.381 e. The summed E-state index contributed by atoms with van der Waals surface area (Å²) in [6.45, 7) is 0.227. The van der Waals surface area contributed by atoms with Crippen LogP contribution in [0.25, 0.3) is 0 Å². The van der Waals surface area contributed by atoms with Gasteiger partial charge in [0, 0.05) is 16.9 Å². The maximum atomic E-state index is 10.2. The maximum absolute atomic E-state index is 10.2. The molecule has 1 N–H and O–H groups in total. The Labute approximate surface area is 182 Å². The van der Waals surface area contributed by atoms with E-state index in [0.717, 1.165) is 10.0 Å². The van der Waals surface area contributed by atoms with E-state index < -0.39 is 16.7 Å². The zero-order valence-corrected chi connectivity index (χ0v) is 17.2. The van der Waals surface area contributed by atoms with E-state index in [4.69, 9.17) is 0 Å². The molecule has 0 aromatic heterocycles. The zero-order valence-electron chi connectivity index (χ0n) is 15.6. The molecule has 1 aliphatic carbocycles. The second kappa shape index (κ2) is 8.11. The maximum Gasteiger partial charge on any atom is 0.177 e. The molecule has 1 saturated carbocycles. The third-order valence-electron chi connectivity index (χ3n) is 5.30. The molecule has 3 rings (SSSR count). The summed E-state index contributed by atoms with van der Waals surface area (Å²) in [5, 5.41) is 52.2. The molecule has 1 aliphatic rings. The van der Waals surface area contributed by atoms with Crippen molar-refractivity contribution in [3.8, 4) is 30.3 Å². The first-order valence-electron chi connectivity index (χ1n) is 8.86. The monoisotopic (exact) mass is 452 g/mol. The molecule has 30 heavy (non-hydrogen) atoms. The predicted octanol–water partition coefficient (Wildman–Crippen LogP) is 4.18. The van der Waals surface area contributed by atoms with Crippen LogP contribution in [0.5, 0.6) is 0 Å². The molecule has 2 atom stereocenters. The van der Waals surface area contributed by atoms with Gasteiger partial charge in [-0.15, -0.1) is 0 Å². The van der Waals surface area contributed by atoms with Crippen LogP contribution in [0.2, 0.25) is 0 Å². The van der Waals surface area contributed by atoms with E-state index in [1.165, 1.54) is 0 Å². The predicted molar refractivity (Wildman–Crippen MR) is 110 cm³/mol. The summed E-state index contributed by atoms with van der Waals surface area (Å²) in [6.07, 6.45) is 0. The van der Waals surface area contributed by atoms with Crippen LogP contribution in [0.4, 0.5) is 0 Å². The summed E-state index contributed by atoms with van der Waals surface area (Å²) in [4.78, 5) is 0. The first-order valence-corrected chi connectivity index (χ1v) is 9.66. The first-order chi connectivity index (χ1) is 14.5. The molecule has 2 aromatic rings. The van der Waals surface area contributed by atoms with Gasteiger partial charge in [-0.05, 0) is 23.3 Å². The largest absolute Gasteiger partial charge is 0.381 e. The van der Waals surface area contributed by atoms with E-state index >= 15 is 0 Å². The minimum atomic E-state index is -1.74. The standard InChI is InChI=1S/C23H13BrN6/c24-19-8-4-7-17(9-19)20-22(13-27,14-28)23(20,15-29)21(18(10-25)11-26)30-12-16-5-2-1-3-6-16/h1-9,20,30H,12H2/t20-,23-/m0/s1. The number of benzene rings is 2. The van der Waals surface area contributed by atoms with Gasteiger partial charge in [0.1, 0.15) is 23.1 Å². The van der Waals surface area contributed by atoms with Crippen LogP contribution in [0.3, 0.4) is 0 Å². The topological polar surface area (TPSA) is 131 Å². The molecule has 7 heteroatoms. The second-order valence-electron chi connectivity index (χ2n) is 6.75. The highest BCUT2D eigenvalue weighted by molar-refractivity contribution is 9.10. The van der Waals surface area contributed by atoms with Gasteiger partial charge in [-0.1, -0.05) is 58.4 Å². The number of nitrogens with zero attached hydrogens (tertiary/aromatic N) is 5. The summed E-state index contributed by atoms with van der Waals surface area (Å²) in [5.74, 6) is -0.822. The lowest BCUT2D eigenvalue weighted by molar-refractivity contribution is 0.592. The van der Waals surface area contributed by atoms with E-state index in [9.17, 15) is 26.3 Å². The third-order valence-corrected chi connectivity index (χ3v) is 5.79. The van der Waals surface area contributed by atoms with Crippen LogP contribution < -0.4 is 5.32 Å². The fourth-order valence-electron chi connectivity index (χ4n) is 3.89. The summed E-state index contributed by atoms with van der Waals surface area (Å²) >= 11 is 3.37. The van der Waals surface area contributed by atoms with Gasteiger partial charge in [0.05, 0.1) is 23.9 Å². The van der Waals surface area contributed by atoms with Crippen molar-refractivity contribution in [1.29, 1.82) is 26.3 Å². The van der Waals surface area contributed by atoms with E-state index in [2.05, 4.69) is 27.3 Å². The lowest BCUT2D eigenvalue weighted by Crippen LogP contribution is -2.26. The van der Waals surface area contributed by atoms with Crippen LogP contribution in [0.1, 0.15) is 17.0 Å². The first kappa shape index (κ1) is 20.6. The number of hydrogen-bond acceptors (Lipinski definition) is 6. The van der Waals surface area contributed by atoms with Crippen LogP contribution in [-0.4, -0.2) is 0 Å². The Morgan fingerprint density at radius 2 is 1.57 bits per heavy atom. The highest BCUT2D eigenvalue weighted by Crippen LogP contribution is 2.76. The van der Waals surface area contributed by atoms with Crippen LogP contribution >= 0.6 is 15.9 Å². The van der Waals surface area contributed by atoms with Crippen molar-refractivity contribution < 1.29 is 0 Å². The zero-order chi connectivity index (χ0) is 21.8. The molecular formula is C23H13BrN6. The molecule has 142 valence electrons. The number of allylic oxidation sites excluding steroid dienone is 2. The lowest BCUT2D eigenvalue weighted by atomic mass is 9.89. The molecule has 6 nitrogen and oxygen atoms in total. The van der Waals surface area contributed by atoms with Crippen molar-refractivity contribution in [3.63, 3.8) is 0 Å². The minimum absolute atomic E-state index is 0.00642. The number of nitriles is 5. The summed E-state index contributed by atoms with van der Waals surface area (Å²) in [6, 6.07) is 26.0. The van der Waals surface area contributed by atoms with Gasteiger partial charge in [0.15, 0.2) is 5.41 Å². The number of hydrogen-bond donors (Lipinski definition) is 1. The number of rotatable bonds is 5. The molecule has 0 spiro atoms. The van der Waals surface area contributed by atoms with Crippen LogP contribution in [-0.2, 0) is 6.54 Å². The smallest absolute Gasteiger partial charge is 0.177 e. The van der Waals surface area contributed by atoms with Crippen molar-refractivity contribution in [3.05, 3.63) is 81.5 Å². The lowest BCUT2D eigenvalue weighted by Gasteiger charge is -2.18. The molecule has 1 fully saturated rings. The van der Waals surface area contributed by atoms with Gasteiger partial charge in [-0.2, -0.15) is 26.3 Å². The molecule has 0 bridgehead atoms. The Bertz CT molecular complexity index is 1200. The van der Waals surface area contributed by atoms with Crippen molar-refractivity contribution in [2.24, 2.45) is 10.8 Å². The van der Waals surface area contributed by atoms with Gasteiger partial charge in [0.2, 0.25) is 0 Å². The van der Waals surface area contributed by atoms with Crippen molar-refractivity contribution in [2.45, 2.75) is 12.5 Å². The molecule has 0 unspecified atom stereocenters. The van der Waals surface area contributed by atoms with Gasteiger partial charge >= 0.3 is 0 Å². The van der Waals surface area contributed by atoms with Gasteiger partial charge in [-0.25, -0.2) is 0 Å². The Kier molecular flexibility index (Phi) is 5.58. The Morgan fingerprint density at radius 3 is 2.10 bits per heavy atom. The highest BCUT2D eigenvalue weighted by atomic mass is 79.9. The van der Waals surface area contributed by atoms with Gasteiger partial charge in [0.25, 0.3) is 0 Å². The summed E-state index contributed by atoms with van der Waals surface area (Å²) in [7, 11) is 0. The molecular weight excluding hydrogens is 440 g/mol. The molecule has 0 heterocycles. The van der Waals surface area contributed by atoms with Crippen LogP contribution in [0.15, 0.2) is 70.3 Å². The van der Waals surface area contributed by atoms with Gasteiger partial charge < -0.3 is 5.32 Å². The highest BCUT2D eigenvalue weighted by Gasteiger charge is 2.82. The Balaban J connectivity index is 2.19.